The second kappa shape index (κ2) is 10.1. The Morgan fingerprint density at radius 3 is 2.16 bits per heavy atom. The highest BCUT2D eigenvalue weighted by molar-refractivity contribution is 4.91. The van der Waals surface area contributed by atoms with Gasteiger partial charge in [-0.15, -0.1) is 0 Å². The molecule has 0 radical (unpaired) electrons. The lowest BCUT2D eigenvalue weighted by molar-refractivity contribution is -0.873. The predicted molar refractivity (Wildman–Crippen MR) is 92.0 cm³/mol. The predicted octanol–water partition coefficient (Wildman–Crippen LogP) is -0.653. The van der Waals surface area contributed by atoms with Crippen molar-refractivity contribution in [2.75, 3.05) is 48.0 Å². The molecule has 25 heavy (non-hydrogen) atoms. The maximum absolute atomic E-state index is 10.5. The van der Waals surface area contributed by atoms with Crippen LogP contribution in [0.25, 0.3) is 0 Å². The topological polar surface area (TPSA) is 97.6 Å². The number of hydrogen-bond acceptors (Lipinski definition) is 7. The van der Waals surface area contributed by atoms with Crippen molar-refractivity contribution >= 4 is 0 Å². The highest BCUT2D eigenvalue weighted by atomic mass is 16.7. The van der Waals surface area contributed by atoms with Crippen molar-refractivity contribution in [1.82, 2.24) is 0 Å². The Kier molecular flexibility index (Phi) is 9.20. The molecule has 0 aliphatic carbocycles. The number of methoxy groups -OCH3 is 1. The summed E-state index contributed by atoms with van der Waals surface area (Å²) in [6.45, 7) is 4.26. The van der Waals surface area contributed by atoms with Gasteiger partial charge in [0, 0.05) is 7.11 Å². The van der Waals surface area contributed by atoms with Crippen molar-refractivity contribution in [1.29, 1.82) is 0 Å². The maximum Gasteiger partial charge on any atom is 0.186 e. The number of hydrogen-bond donors (Lipinski definition) is 3. The molecule has 1 fully saturated rings. The summed E-state index contributed by atoms with van der Waals surface area (Å²) in [5.41, 5.74) is 0. The van der Waals surface area contributed by atoms with Crippen LogP contribution in [-0.4, -0.2) is 111 Å². The molecular formula is C17H36NO7+. The highest BCUT2D eigenvalue weighted by Gasteiger charge is 2.46. The minimum Gasteiger partial charge on any atom is -0.391 e. The van der Waals surface area contributed by atoms with Crippen molar-refractivity contribution in [2.24, 2.45) is 0 Å². The van der Waals surface area contributed by atoms with Gasteiger partial charge in [-0.3, -0.25) is 0 Å². The van der Waals surface area contributed by atoms with Crippen molar-refractivity contribution < 1.29 is 38.8 Å². The second-order valence-electron chi connectivity index (χ2n) is 7.75. The lowest BCUT2D eigenvalue weighted by Crippen LogP contribution is -2.60. The third-order valence-electron chi connectivity index (χ3n) is 4.02. The van der Waals surface area contributed by atoms with Crippen LogP contribution in [0.15, 0.2) is 0 Å². The fourth-order valence-electron chi connectivity index (χ4n) is 2.97. The van der Waals surface area contributed by atoms with Crippen LogP contribution in [0, 0.1) is 0 Å². The van der Waals surface area contributed by atoms with Crippen LogP contribution in [-0.2, 0) is 18.9 Å². The third-order valence-corrected chi connectivity index (χ3v) is 4.02. The molecule has 1 aliphatic heterocycles. The lowest BCUT2D eigenvalue weighted by atomic mass is 9.96. The molecule has 0 aromatic heterocycles. The molecule has 0 spiro atoms. The fraction of sp³-hybridized carbons (Fsp3) is 1.00. The lowest BCUT2D eigenvalue weighted by Gasteiger charge is -2.44. The van der Waals surface area contributed by atoms with Gasteiger partial charge in [0.25, 0.3) is 0 Å². The van der Waals surface area contributed by atoms with Crippen molar-refractivity contribution in [2.45, 2.75) is 63.2 Å². The highest BCUT2D eigenvalue weighted by Crippen LogP contribution is 2.28. The molecule has 8 nitrogen and oxygen atoms in total. The molecule has 1 rings (SSSR count). The first kappa shape index (κ1) is 22.7. The van der Waals surface area contributed by atoms with E-state index in [4.69, 9.17) is 18.9 Å². The standard InChI is InChI=1S/C17H36NO7/c1-7-13-15(23-9-11(2)19)16(14(21)17(22-6)25-13)24-10-12(20)8-18(3,4)5/h11-17,19-21H,7-10H2,1-6H3/q+1. The zero-order valence-electron chi connectivity index (χ0n) is 16.3. The second-order valence-corrected chi connectivity index (χ2v) is 7.75. The zero-order chi connectivity index (χ0) is 19.2. The summed E-state index contributed by atoms with van der Waals surface area (Å²) in [7, 11) is 7.40. The Balaban J connectivity index is 2.80. The number of aliphatic hydroxyl groups excluding tert-OH is 3. The zero-order valence-corrected chi connectivity index (χ0v) is 16.3. The number of nitrogens with zero attached hydrogens (tertiary/aromatic N) is 1. The van der Waals surface area contributed by atoms with Gasteiger partial charge in [-0.25, -0.2) is 0 Å². The fourth-order valence-corrected chi connectivity index (χ4v) is 2.97. The van der Waals surface area contributed by atoms with Gasteiger partial charge in [-0.05, 0) is 13.3 Å². The SMILES string of the molecule is CCC1OC(OC)C(O)C(OCC(O)C[N+](C)(C)C)C1OCC(C)O. The molecule has 1 heterocycles. The third kappa shape index (κ3) is 7.44. The van der Waals surface area contributed by atoms with E-state index in [2.05, 4.69) is 0 Å². The van der Waals surface area contributed by atoms with Gasteiger partial charge in [-0.2, -0.15) is 0 Å². The van der Waals surface area contributed by atoms with Gasteiger partial charge in [0.2, 0.25) is 0 Å². The molecule has 0 aromatic carbocycles. The van der Waals surface area contributed by atoms with Crippen LogP contribution in [0.1, 0.15) is 20.3 Å². The van der Waals surface area contributed by atoms with E-state index < -0.39 is 36.8 Å². The molecule has 0 bridgehead atoms. The van der Waals surface area contributed by atoms with E-state index in [1.165, 1.54) is 7.11 Å². The van der Waals surface area contributed by atoms with E-state index in [0.717, 1.165) is 0 Å². The number of aliphatic hydroxyl groups is 3. The van der Waals surface area contributed by atoms with E-state index in [9.17, 15) is 15.3 Å². The molecule has 0 aromatic rings. The minimum absolute atomic E-state index is 0.0681. The van der Waals surface area contributed by atoms with Crippen LogP contribution in [0.2, 0.25) is 0 Å². The average Bonchev–Trinajstić information content (AvgIpc) is 2.49. The van der Waals surface area contributed by atoms with Crippen molar-refractivity contribution in [3.8, 4) is 0 Å². The van der Waals surface area contributed by atoms with Gasteiger partial charge < -0.3 is 38.8 Å². The molecule has 7 atom stereocenters. The number of ether oxygens (including phenoxy) is 4. The quantitative estimate of drug-likeness (QED) is 0.442. The first-order chi connectivity index (χ1) is 11.6. The molecule has 3 N–H and O–H groups in total. The number of quaternary nitrogens is 1. The summed E-state index contributed by atoms with van der Waals surface area (Å²) in [6.07, 6.45) is -4.17. The minimum atomic E-state index is -1.05. The van der Waals surface area contributed by atoms with Crippen LogP contribution in [0.3, 0.4) is 0 Å². The smallest absolute Gasteiger partial charge is 0.186 e. The van der Waals surface area contributed by atoms with Gasteiger partial charge in [0.1, 0.15) is 31.0 Å². The van der Waals surface area contributed by atoms with Gasteiger partial charge in [0.05, 0.1) is 46.6 Å². The van der Waals surface area contributed by atoms with E-state index in [-0.39, 0.29) is 19.3 Å². The molecule has 0 amide bonds. The van der Waals surface area contributed by atoms with E-state index in [1.54, 1.807) is 6.92 Å². The van der Waals surface area contributed by atoms with Gasteiger partial charge >= 0.3 is 0 Å². The normalized spacial score (nSPS) is 33.2. The van der Waals surface area contributed by atoms with Crippen molar-refractivity contribution in [3.05, 3.63) is 0 Å². The summed E-state index contributed by atoms with van der Waals surface area (Å²) < 4.78 is 23.1. The summed E-state index contributed by atoms with van der Waals surface area (Å²) in [5, 5.41) is 30.2. The Bertz CT molecular complexity index is 374. The van der Waals surface area contributed by atoms with Crippen LogP contribution < -0.4 is 0 Å². The van der Waals surface area contributed by atoms with Crippen LogP contribution in [0.5, 0.6) is 0 Å². The first-order valence-corrected chi connectivity index (χ1v) is 8.85. The molecular weight excluding hydrogens is 330 g/mol. The Morgan fingerprint density at radius 1 is 1.08 bits per heavy atom. The van der Waals surface area contributed by atoms with Crippen LogP contribution >= 0.6 is 0 Å². The summed E-state index contributed by atoms with van der Waals surface area (Å²) in [5.74, 6) is 0. The van der Waals surface area contributed by atoms with E-state index >= 15 is 0 Å². The van der Waals surface area contributed by atoms with E-state index in [1.807, 2.05) is 28.1 Å². The largest absolute Gasteiger partial charge is 0.391 e. The molecule has 150 valence electrons. The van der Waals surface area contributed by atoms with Gasteiger partial charge in [0.15, 0.2) is 6.29 Å². The first-order valence-electron chi connectivity index (χ1n) is 8.85. The number of likely N-dealkylation sites (N-methyl/N-ethyl adjacent to an activating group) is 1. The van der Waals surface area contributed by atoms with Gasteiger partial charge in [-0.1, -0.05) is 6.92 Å². The Morgan fingerprint density at radius 2 is 1.68 bits per heavy atom. The monoisotopic (exact) mass is 366 g/mol. The average molecular weight is 366 g/mol. The van der Waals surface area contributed by atoms with E-state index in [0.29, 0.717) is 17.4 Å². The molecule has 0 saturated carbocycles. The summed E-state index contributed by atoms with van der Waals surface area (Å²) in [4.78, 5) is 0. The van der Waals surface area contributed by atoms with Crippen LogP contribution in [0.4, 0.5) is 0 Å². The molecule has 8 heteroatoms. The number of rotatable bonds is 10. The summed E-state index contributed by atoms with van der Waals surface area (Å²) in [6, 6.07) is 0. The van der Waals surface area contributed by atoms with Crippen molar-refractivity contribution in [3.63, 3.8) is 0 Å². The Labute approximate surface area is 150 Å². The molecule has 7 unspecified atom stereocenters. The molecule has 1 saturated heterocycles. The molecule has 1 aliphatic rings. The maximum atomic E-state index is 10.5. The summed E-state index contributed by atoms with van der Waals surface area (Å²) >= 11 is 0. The Hall–Kier alpha value is -0.320.